The Morgan fingerprint density at radius 3 is 2.85 bits per heavy atom. The summed E-state index contributed by atoms with van der Waals surface area (Å²) in [5.74, 6) is 2.52. The van der Waals surface area contributed by atoms with Crippen LogP contribution in [0.5, 0.6) is 11.6 Å². The van der Waals surface area contributed by atoms with Crippen LogP contribution in [0.1, 0.15) is 45.0 Å². The van der Waals surface area contributed by atoms with Crippen LogP contribution in [0.25, 0.3) is 11.2 Å². The van der Waals surface area contributed by atoms with E-state index in [9.17, 15) is 4.79 Å². The van der Waals surface area contributed by atoms with Gasteiger partial charge in [-0.15, -0.1) is 0 Å². The van der Waals surface area contributed by atoms with Crippen molar-refractivity contribution in [1.82, 2.24) is 29.3 Å². The topological polar surface area (TPSA) is 99.8 Å². The first kappa shape index (κ1) is 21.1. The number of hydrogen-bond donors (Lipinski definition) is 1. The largest absolute Gasteiger partial charge is 0.439 e. The van der Waals surface area contributed by atoms with Crippen LogP contribution in [0.15, 0.2) is 36.5 Å². The van der Waals surface area contributed by atoms with Crippen LogP contribution in [-0.4, -0.2) is 35.1 Å². The summed E-state index contributed by atoms with van der Waals surface area (Å²) in [5.41, 5.74) is 3.47. The second-order valence-electron chi connectivity index (χ2n) is 9.20. The van der Waals surface area contributed by atoms with Crippen molar-refractivity contribution in [1.29, 1.82) is 0 Å². The summed E-state index contributed by atoms with van der Waals surface area (Å²) >= 11 is 0. The van der Waals surface area contributed by atoms with Gasteiger partial charge in [0, 0.05) is 55.5 Å². The van der Waals surface area contributed by atoms with Crippen molar-refractivity contribution in [2.24, 2.45) is 7.05 Å². The van der Waals surface area contributed by atoms with E-state index in [1.54, 1.807) is 31.3 Å². The molecule has 0 spiro atoms. The van der Waals surface area contributed by atoms with Gasteiger partial charge >= 0.3 is 0 Å². The Balaban J connectivity index is 1.39. The fourth-order valence-corrected chi connectivity index (χ4v) is 4.31. The summed E-state index contributed by atoms with van der Waals surface area (Å²) < 4.78 is 9.91. The van der Waals surface area contributed by atoms with E-state index in [0.29, 0.717) is 28.9 Å². The minimum Gasteiger partial charge on any atom is -0.439 e. The molecule has 1 aliphatic heterocycles. The Hall–Kier alpha value is -3.75. The lowest BCUT2D eigenvalue weighted by atomic mass is 9.82. The van der Waals surface area contributed by atoms with Crippen LogP contribution in [0, 0.1) is 0 Å². The van der Waals surface area contributed by atoms with Crippen molar-refractivity contribution in [2.45, 2.75) is 52.0 Å². The molecule has 0 unspecified atom stereocenters. The minimum absolute atomic E-state index is 0.0521. The molecule has 1 aliphatic rings. The number of imidazole rings is 1. The maximum atomic E-state index is 11.4. The molecule has 170 valence electrons. The Morgan fingerprint density at radius 1 is 1.21 bits per heavy atom. The molecule has 5 rings (SSSR count). The second-order valence-corrected chi connectivity index (χ2v) is 9.20. The van der Waals surface area contributed by atoms with Crippen molar-refractivity contribution in [3.63, 3.8) is 0 Å². The van der Waals surface area contributed by atoms with Gasteiger partial charge in [0.15, 0.2) is 11.5 Å². The van der Waals surface area contributed by atoms with Crippen molar-refractivity contribution < 1.29 is 9.53 Å². The SMILES string of the molecule is CC(=O)Cc1cc(Oc2ccc3nc(Nc4cc5n(n4)CCCC5(C)C)n(C)c3n2)ccn1. The molecule has 0 bridgehead atoms. The van der Waals surface area contributed by atoms with Gasteiger partial charge in [-0.1, -0.05) is 13.8 Å². The summed E-state index contributed by atoms with van der Waals surface area (Å²) in [6, 6.07) is 9.27. The lowest BCUT2D eigenvalue weighted by Crippen LogP contribution is -2.27. The summed E-state index contributed by atoms with van der Waals surface area (Å²) in [6.07, 6.45) is 4.19. The molecule has 0 saturated heterocycles. The van der Waals surface area contributed by atoms with Crippen LogP contribution >= 0.6 is 0 Å². The van der Waals surface area contributed by atoms with Gasteiger partial charge in [0.2, 0.25) is 11.8 Å². The molecule has 0 radical (unpaired) electrons. The third-order valence-corrected chi connectivity index (χ3v) is 6.02. The summed E-state index contributed by atoms with van der Waals surface area (Å²) in [6.45, 7) is 7.00. The zero-order chi connectivity index (χ0) is 23.2. The minimum atomic E-state index is 0.0521. The average molecular weight is 446 g/mol. The normalized spacial score (nSPS) is 14.8. The van der Waals surface area contributed by atoms with E-state index < -0.39 is 0 Å². The number of hydrogen-bond acceptors (Lipinski definition) is 7. The van der Waals surface area contributed by atoms with Crippen LogP contribution < -0.4 is 10.1 Å². The molecule has 0 fully saturated rings. The van der Waals surface area contributed by atoms with Crippen LogP contribution in [0.4, 0.5) is 11.8 Å². The molecule has 0 aromatic carbocycles. The Kier molecular flexibility index (Phi) is 5.11. The number of fused-ring (bicyclic) bond motifs is 2. The van der Waals surface area contributed by atoms with Gasteiger partial charge in [0.05, 0.1) is 5.69 Å². The number of aromatic nitrogens is 6. The highest BCUT2D eigenvalue weighted by Crippen LogP contribution is 2.35. The fraction of sp³-hybridized carbons (Fsp3) is 0.375. The first-order chi connectivity index (χ1) is 15.8. The molecule has 4 aromatic heterocycles. The Bertz CT molecular complexity index is 1350. The number of ether oxygens (including phenoxy) is 1. The molecule has 9 nitrogen and oxygen atoms in total. The number of Topliss-reactive ketones (excluding diaryl/α,β-unsaturated/α-hetero) is 1. The van der Waals surface area contributed by atoms with Crippen LogP contribution in [0.3, 0.4) is 0 Å². The lowest BCUT2D eigenvalue weighted by Gasteiger charge is -2.30. The van der Waals surface area contributed by atoms with Gasteiger partial charge in [-0.3, -0.25) is 19.0 Å². The fourth-order valence-electron chi connectivity index (χ4n) is 4.31. The number of anilines is 2. The second kappa shape index (κ2) is 7.99. The molecule has 33 heavy (non-hydrogen) atoms. The van der Waals surface area contributed by atoms with E-state index in [0.717, 1.165) is 30.7 Å². The van der Waals surface area contributed by atoms with Crippen molar-refractivity contribution in [2.75, 3.05) is 5.32 Å². The smallest absolute Gasteiger partial charge is 0.221 e. The van der Waals surface area contributed by atoms with E-state index in [2.05, 4.69) is 44.9 Å². The van der Waals surface area contributed by atoms with Gasteiger partial charge in [0.1, 0.15) is 17.0 Å². The Labute approximate surface area is 191 Å². The van der Waals surface area contributed by atoms with E-state index in [1.807, 2.05) is 17.7 Å². The van der Waals surface area contributed by atoms with Crippen LogP contribution in [0.2, 0.25) is 0 Å². The zero-order valence-electron chi connectivity index (χ0n) is 19.3. The third-order valence-electron chi connectivity index (χ3n) is 6.02. The molecule has 0 saturated carbocycles. The molecular weight excluding hydrogens is 418 g/mol. The quantitative estimate of drug-likeness (QED) is 0.472. The van der Waals surface area contributed by atoms with Crippen molar-refractivity contribution in [3.8, 4) is 11.6 Å². The van der Waals surface area contributed by atoms with Gasteiger partial charge in [-0.05, 0) is 31.9 Å². The van der Waals surface area contributed by atoms with Gasteiger partial charge < -0.3 is 10.1 Å². The number of ketones is 1. The highest BCUT2D eigenvalue weighted by Gasteiger charge is 2.29. The van der Waals surface area contributed by atoms with Crippen LogP contribution in [-0.2, 0) is 30.2 Å². The number of nitrogens with zero attached hydrogens (tertiary/aromatic N) is 6. The highest BCUT2D eigenvalue weighted by molar-refractivity contribution is 5.78. The lowest BCUT2D eigenvalue weighted by molar-refractivity contribution is -0.116. The Morgan fingerprint density at radius 2 is 2.06 bits per heavy atom. The first-order valence-electron chi connectivity index (χ1n) is 11.1. The predicted octanol–water partition coefficient (Wildman–Crippen LogP) is 4.30. The molecule has 0 aliphatic carbocycles. The van der Waals surface area contributed by atoms with E-state index >= 15 is 0 Å². The van der Waals surface area contributed by atoms with Crippen molar-refractivity contribution >= 4 is 28.7 Å². The molecular formula is C24H27N7O2. The monoisotopic (exact) mass is 445 g/mol. The summed E-state index contributed by atoms with van der Waals surface area (Å²) in [4.78, 5) is 24.9. The molecule has 5 heterocycles. The van der Waals surface area contributed by atoms with Crippen molar-refractivity contribution in [3.05, 3.63) is 47.9 Å². The molecule has 0 atom stereocenters. The number of aryl methyl sites for hydroxylation is 2. The summed E-state index contributed by atoms with van der Waals surface area (Å²) in [7, 11) is 1.91. The van der Waals surface area contributed by atoms with E-state index in [4.69, 9.17) is 9.84 Å². The standard InChI is InChI=1S/C24H27N7O2/c1-15(32)12-16-13-17(8-10-25-16)33-21-7-6-18-22(28-21)30(4)23(26-18)27-20-14-19-24(2,3)9-5-11-31(19)29-20/h6-8,10,13-14H,5,9,11-12H2,1-4H3,(H,26,27,29). The molecule has 9 heteroatoms. The maximum absolute atomic E-state index is 11.4. The van der Waals surface area contributed by atoms with Gasteiger partial charge in [-0.2, -0.15) is 10.1 Å². The van der Waals surface area contributed by atoms with E-state index in [1.165, 1.54) is 5.69 Å². The van der Waals surface area contributed by atoms with Gasteiger partial charge in [0.25, 0.3) is 0 Å². The average Bonchev–Trinajstić information content (AvgIpc) is 3.30. The maximum Gasteiger partial charge on any atom is 0.221 e. The first-order valence-corrected chi connectivity index (χ1v) is 11.1. The molecule has 0 amide bonds. The molecule has 1 N–H and O–H groups in total. The predicted molar refractivity (Wildman–Crippen MR) is 125 cm³/mol. The number of rotatable bonds is 6. The highest BCUT2D eigenvalue weighted by atomic mass is 16.5. The van der Waals surface area contributed by atoms with E-state index in [-0.39, 0.29) is 17.6 Å². The number of carbonyl (C=O) groups excluding carboxylic acids is 1. The van der Waals surface area contributed by atoms with Gasteiger partial charge in [-0.25, -0.2) is 4.98 Å². The zero-order valence-corrected chi connectivity index (χ0v) is 19.3. The molecule has 4 aromatic rings. The number of carbonyl (C=O) groups is 1. The third kappa shape index (κ3) is 4.18. The number of pyridine rings is 2. The summed E-state index contributed by atoms with van der Waals surface area (Å²) in [5, 5.41) is 8.08. The number of nitrogens with one attached hydrogen (secondary N) is 1.